The highest BCUT2D eigenvalue weighted by atomic mass is 35.5. The highest BCUT2D eigenvalue weighted by Crippen LogP contribution is 2.21. The Labute approximate surface area is 188 Å². The molecule has 0 spiro atoms. The number of anilines is 3. The molecule has 0 radical (unpaired) electrons. The average Bonchev–Trinajstić information content (AvgIpc) is 2.68. The highest BCUT2D eigenvalue weighted by Gasteiger charge is 2.17. The maximum Gasteiger partial charge on any atom is 0.305 e. The summed E-state index contributed by atoms with van der Waals surface area (Å²) in [6.45, 7) is 1.79. The minimum absolute atomic E-state index is 0.157. The highest BCUT2D eigenvalue weighted by molar-refractivity contribution is 7.80. The van der Waals surface area contributed by atoms with Gasteiger partial charge in [-0.2, -0.15) is 4.98 Å². The van der Waals surface area contributed by atoms with Crippen molar-refractivity contribution < 1.29 is 14.3 Å². The summed E-state index contributed by atoms with van der Waals surface area (Å²) in [5, 5.41) is 18.8. The summed E-state index contributed by atoms with van der Waals surface area (Å²) in [5.41, 5.74) is 2.01. The number of aliphatic carboxylic acids is 1. The Balaban J connectivity index is 1.73. The van der Waals surface area contributed by atoms with E-state index < -0.39 is 12.0 Å². The largest absolute Gasteiger partial charge is 0.481 e. The molecule has 31 heavy (non-hydrogen) atoms. The van der Waals surface area contributed by atoms with Gasteiger partial charge in [-0.25, -0.2) is 9.37 Å². The Morgan fingerprint density at radius 3 is 2.61 bits per heavy atom. The minimum atomic E-state index is -0.988. The first-order valence-corrected chi connectivity index (χ1v) is 10.00. The van der Waals surface area contributed by atoms with Gasteiger partial charge in [-0.3, -0.25) is 4.79 Å². The molecule has 3 rings (SSSR count). The van der Waals surface area contributed by atoms with E-state index in [2.05, 4.69) is 25.9 Å². The Morgan fingerprint density at radius 1 is 1.19 bits per heavy atom. The maximum atomic E-state index is 13.1. The van der Waals surface area contributed by atoms with Gasteiger partial charge in [0.05, 0.1) is 12.5 Å². The summed E-state index contributed by atoms with van der Waals surface area (Å²) in [6, 6.07) is 13.9. The van der Waals surface area contributed by atoms with Crippen molar-refractivity contribution in [2.45, 2.75) is 19.4 Å². The normalized spacial score (nSPS) is 11.5. The van der Waals surface area contributed by atoms with Crippen LogP contribution in [0.15, 0.2) is 54.6 Å². The van der Waals surface area contributed by atoms with Crippen LogP contribution in [0.1, 0.15) is 23.7 Å². The number of halogens is 2. The fourth-order valence-electron chi connectivity index (χ4n) is 2.82. The molecule has 10 heteroatoms. The zero-order chi connectivity index (χ0) is 22.4. The number of carboxylic acids is 1. The molecule has 160 valence electrons. The fourth-order valence-corrected chi connectivity index (χ4v) is 3.25. The number of rotatable bonds is 7. The zero-order valence-electron chi connectivity index (χ0n) is 16.4. The maximum absolute atomic E-state index is 13.1. The molecule has 0 unspecified atom stereocenters. The minimum Gasteiger partial charge on any atom is -0.481 e. The molecule has 1 aromatic heterocycles. The molecule has 0 aliphatic heterocycles. The number of hydrogen-bond acceptors (Lipinski definition) is 5. The number of nitrogens with zero attached hydrogens (tertiary/aromatic N) is 2. The van der Waals surface area contributed by atoms with Gasteiger partial charge < -0.3 is 21.1 Å². The van der Waals surface area contributed by atoms with E-state index in [4.69, 9.17) is 23.8 Å². The van der Waals surface area contributed by atoms with E-state index in [1.54, 1.807) is 49.4 Å². The van der Waals surface area contributed by atoms with Crippen LogP contribution in [-0.2, 0) is 4.79 Å². The molecular formula is C21H19ClFN5O2S. The second-order valence-electron chi connectivity index (χ2n) is 6.65. The van der Waals surface area contributed by atoms with Crippen LogP contribution < -0.4 is 16.0 Å². The van der Waals surface area contributed by atoms with Gasteiger partial charge in [0, 0.05) is 22.5 Å². The number of carboxylic acid groups (broad SMARTS) is 1. The third-order valence-electron chi connectivity index (χ3n) is 4.13. The second-order valence-corrected chi connectivity index (χ2v) is 7.50. The van der Waals surface area contributed by atoms with Gasteiger partial charge in [0.25, 0.3) is 0 Å². The number of benzene rings is 2. The smallest absolute Gasteiger partial charge is 0.305 e. The number of hydrogen-bond donors (Lipinski definition) is 4. The van der Waals surface area contributed by atoms with Crippen molar-refractivity contribution in [3.8, 4) is 0 Å². The predicted molar refractivity (Wildman–Crippen MR) is 122 cm³/mol. The monoisotopic (exact) mass is 459 g/mol. The lowest BCUT2D eigenvalue weighted by Gasteiger charge is -2.20. The SMILES string of the molecule is Cc1cc(Nc2ccc(F)cc2)nc(NC(=S)N[C@@H](CC(=O)O)c2cccc(Cl)c2)n1. The average molecular weight is 460 g/mol. The van der Waals surface area contributed by atoms with Crippen molar-refractivity contribution >= 4 is 52.4 Å². The Hall–Kier alpha value is -3.30. The third-order valence-corrected chi connectivity index (χ3v) is 4.59. The molecule has 0 aliphatic rings. The molecule has 0 bridgehead atoms. The number of aryl methyl sites for hydroxylation is 1. The number of aromatic nitrogens is 2. The quantitative estimate of drug-likeness (QED) is 0.373. The Kier molecular flexibility index (Phi) is 7.32. The molecule has 4 N–H and O–H groups in total. The summed E-state index contributed by atoms with van der Waals surface area (Å²) in [6.07, 6.45) is -0.200. The van der Waals surface area contributed by atoms with Crippen LogP contribution in [0.25, 0.3) is 0 Å². The summed E-state index contributed by atoms with van der Waals surface area (Å²) >= 11 is 11.4. The van der Waals surface area contributed by atoms with Crippen LogP contribution in [0.5, 0.6) is 0 Å². The van der Waals surface area contributed by atoms with Crippen LogP contribution in [0.4, 0.5) is 21.8 Å². The summed E-state index contributed by atoms with van der Waals surface area (Å²) in [5.74, 6) is -0.611. The van der Waals surface area contributed by atoms with Crippen molar-refractivity contribution in [3.05, 3.63) is 76.7 Å². The van der Waals surface area contributed by atoms with Gasteiger partial charge >= 0.3 is 5.97 Å². The molecule has 0 saturated heterocycles. The zero-order valence-corrected chi connectivity index (χ0v) is 18.0. The van der Waals surface area contributed by atoms with Gasteiger partial charge in [0.2, 0.25) is 5.95 Å². The molecule has 1 heterocycles. The summed E-state index contributed by atoms with van der Waals surface area (Å²) in [4.78, 5) is 20.0. The van der Waals surface area contributed by atoms with Crippen molar-refractivity contribution in [2.24, 2.45) is 0 Å². The van der Waals surface area contributed by atoms with E-state index in [9.17, 15) is 14.3 Å². The lowest BCUT2D eigenvalue weighted by atomic mass is 10.0. The van der Waals surface area contributed by atoms with Gasteiger partial charge in [0.15, 0.2) is 5.11 Å². The fraction of sp³-hybridized carbons (Fsp3) is 0.143. The van der Waals surface area contributed by atoms with Crippen LogP contribution in [0.3, 0.4) is 0 Å². The van der Waals surface area contributed by atoms with Crippen LogP contribution in [-0.4, -0.2) is 26.2 Å². The first-order valence-electron chi connectivity index (χ1n) is 9.21. The first-order chi connectivity index (χ1) is 14.8. The summed E-state index contributed by atoms with van der Waals surface area (Å²) in [7, 11) is 0. The van der Waals surface area contributed by atoms with Crippen molar-refractivity contribution in [3.63, 3.8) is 0 Å². The van der Waals surface area contributed by atoms with Crippen molar-refractivity contribution in [1.29, 1.82) is 0 Å². The number of thiocarbonyl (C=S) groups is 1. The van der Waals surface area contributed by atoms with Gasteiger partial charge in [-0.05, 0) is 61.1 Å². The summed E-state index contributed by atoms with van der Waals surface area (Å²) < 4.78 is 13.1. The molecule has 0 fully saturated rings. The first kappa shape index (κ1) is 22.4. The van der Waals surface area contributed by atoms with Crippen LogP contribution in [0.2, 0.25) is 5.02 Å². The standard InChI is InChI=1S/C21H19ClFN5O2S/c1-12-9-18(25-16-7-5-15(23)6-8-16)27-20(24-12)28-21(31)26-17(11-19(29)30)13-3-2-4-14(22)10-13/h2-10,17H,11H2,1H3,(H,29,30)(H3,24,25,26,27,28,31)/t17-/m0/s1. The van der Waals surface area contributed by atoms with E-state index in [1.165, 1.54) is 12.1 Å². The molecule has 7 nitrogen and oxygen atoms in total. The van der Waals surface area contributed by atoms with Gasteiger partial charge in [0.1, 0.15) is 11.6 Å². The van der Waals surface area contributed by atoms with E-state index in [1.807, 2.05) is 0 Å². The van der Waals surface area contributed by atoms with Crippen molar-refractivity contribution in [2.75, 3.05) is 10.6 Å². The molecule has 2 aromatic carbocycles. The lowest BCUT2D eigenvalue weighted by molar-refractivity contribution is -0.137. The molecule has 0 aliphatic carbocycles. The predicted octanol–water partition coefficient (Wildman–Crippen LogP) is 4.82. The van der Waals surface area contributed by atoms with Crippen LogP contribution >= 0.6 is 23.8 Å². The van der Waals surface area contributed by atoms with E-state index in [0.717, 1.165) is 0 Å². The molecule has 1 atom stereocenters. The Bertz CT molecular complexity index is 1100. The number of nitrogens with one attached hydrogen (secondary N) is 3. The molecular weight excluding hydrogens is 441 g/mol. The van der Waals surface area contributed by atoms with Crippen LogP contribution in [0, 0.1) is 12.7 Å². The topological polar surface area (TPSA) is 99.2 Å². The Morgan fingerprint density at radius 2 is 1.94 bits per heavy atom. The van der Waals surface area contributed by atoms with E-state index in [-0.39, 0.29) is 23.3 Å². The second kappa shape index (κ2) is 10.1. The third kappa shape index (κ3) is 6.87. The number of carbonyl (C=O) groups is 1. The molecule has 0 saturated carbocycles. The van der Waals surface area contributed by atoms with Gasteiger partial charge in [-0.1, -0.05) is 23.7 Å². The van der Waals surface area contributed by atoms with Gasteiger partial charge in [-0.15, -0.1) is 0 Å². The molecule has 0 amide bonds. The van der Waals surface area contributed by atoms with E-state index >= 15 is 0 Å². The molecule has 3 aromatic rings. The van der Waals surface area contributed by atoms with E-state index in [0.29, 0.717) is 27.8 Å². The van der Waals surface area contributed by atoms with Crippen molar-refractivity contribution in [1.82, 2.24) is 15.3 Å². The lowest BCUT2D eigenvalue weighted by Crippen LogP contribution is -2.34.